The summed E-state index contributed by atoms with van der Waals surface area (Å²) in [4.78, 5) is 14.0. The minimum atomic E-state index is -0.918. The Labute approximate surface area is 70.4 Å². The summed E-state index contributed by atoms with van der Waals surface area (Å²) in [7, 11) is 0. The van der Waals surface area contributed by atoms with Crippen LogP contribution < -0.4 is 0 Å². The number of carboxylic acid groups (broad SMARTS) is 1. The summed E-state index contributed by atoms with van der Waals surface area (Å²) in [5.41, 5.74) is 1.01. The molecule has 0 saturated heterocycles. The first-order chi connectivity index (χ1) is 5.79. The van der Waals surface area contributed by atoms with Gasteiger partial charge in [0.25, 0.3) is 0 Å². The minimum Gasteiger partial charge on any atom is -0.478 e. The van der Waals surface area contributed by atoms with Gasteiger partial charge >= 0.3 is 5.97 Å². The maximum absolute atomic E-state index is 10.1. The molecular formula is C9H9NO2. The molecular weight excluding hydrogens is 154 g/mol. The molecule has 1 heterocycles. The molecule has 12 heavy (non-hydrogen) atoms. The van der Waals surface area contributed by atoms with Gasteiger partial charge in [-0.25, -0.2) is 4.79 Å². The van der Waals surface area contributed by atoms with E-state index in [1.54, 1.807) is 18.5 Å². The first kappa shape index (κ1) is 8.46. The van der Waals surface area contributed by atoms with Gasteiger partial charge in [-0.3, -0.25) is 4.98 Å². The normalized spacial score (nSPS) is 10.3. The smallest absolute Gasteiger partial charge is 0.327 e. The number of hydrogen-bond donors (Lipinski definition) is 1. The lowest BCUT2D eigenvalue weighted by molar-refractivity contribution is -0.131. The molecule has 0 spiro atoms. The molecule has 0 unspecified atom stereocenters. The van der Waals surface area contributed by atoms with Crippen LogP contribution in [0.2, 0.25) is 0 Å². The van der Waals surface area contributed by atoms with E-state index in [1.165, 1.54) is 0 Å². The molecule has 1 aromatic heterocycles. The quantitative estimate of drug-likeness (QED) is 0.682. The van der Waals surface area contributed by atoms with Crippen molar-refractivity contribution in [2.24, 2.45) is 0 Å². The van der Waals surface area contributed by atoms with Crippen LogP contribution in [0.25, 0.3) is 0 Å². The number of nitrogens with zero attached hydrogens (tertiary/aromatic N) is 1. The van der Waals surface area contributed by atoms with Crippen LogP contribution in [-0.4, -0.2) is 16.1 Å². The van der Waals surface area contributed by atoms with Crippen molar-refractivity contribution in [2.45, 2.75) is 6.42 Å². The third-order valence-electron chi connectivity index (χ3n) is 1.34. The second-order valence-electron chi connectivity index (χ2n) is 2.31. The van der Waals surface area contributed by atoms with Crippen molar-refractivity contribution in [3.8, 4) is 0 Å². The molecule has 0 atom stereocenters. The average Bonchev–Trinajstić information content (AvgIpc) is 2.05. The Kier molecular flexibility index (Phi) is 3.02. The van der Waals surface area contributed by atoms with E-state index >= 15 is 0 Å². The summed E-state index contributed by atoms with van der Waals surface area (Å²) < 4.78 is 0. The lowest BCUT2D eigenvalue weighted by Crippen LogP contribution is -1.87. The molecule has 0 aliphatic rings. The highest BCUT2D eigenvalue weighted by Crippen LogP contribution is 1.97. The van der Waals surface area contributed by atoms with Gasteiger partial charge in [0.15, 0.2) is 0 Å². The summed E-state index contributed by atoms with van der Waals surface area (Å²) in [6, 6.07) is 3.73. The van der Waals surface area contributed by atoms with E-state index in [9.17, 15) is 4.79 Å². The largest absolute Gasteiger partial charge is 0.478 e. The number of carbonyl (C=O) groups is 1. The number of allylic oxidation sites excluding steroid dienone is 1. The average molecular weight is 163 g/mol. The number of hydrogen-bond acceptors (Lipinski definition) is 2. The predicted octanol–water partition coefficient (Wildman–Crippen LogP) is 1.26. The van der Waals surface area contributed by atoms with Crippen LogP contribution in [-0.2, 0) is 11.2 Å². The van der Waals surface area contributed by atoms with E-state index in [2.05, 4.69) is 4.98 Å². The standard InChI is InChI=1S/C9H9NO2/c11-9(12)5-1-3-8-4-2-6-10-7-8/h1-2,4-7H,3H2,(H,11,12)/b5-1+. The maximum atomic E-state index is 10.1. The molecule has 1 aromatic rings. The fraction of sp³-hybridized carbons (Fsp3) is 0.111. The Morgan fingerprint density at radius 1 is 1.67 bits per heavy atom. The monoisotopic (exact) mass is 163 g/mol. The summed E-state index contributed by atoms with van der Waals surface area (Å²) in [5.74, 6) is -0.918. The van der Waals surface area contributed by atoms with Gasteiger partial charge in [-0.15, -0.1) is 0 Å². The van der Waals surface area contributed by atoms with Gasteiger partial charge in [-0.05, 0) is 18.1 Å². The van der Waals surface area contributed by atoms with Gasteiger partial charge in [0.2, 0.25) is 0 Å². The van der Waals surface area contributed by atoms with Crippen LogP contribution in [0.15, 0.2) is 36.7 Å². The van der Waals surface area contributed by atoms with Crippen molar-refractivity contribution in [3.63, 3.8) is 0 Å². The number of aliphatic carboxylic acids is 1. The first-order valence-electron chi connectivity index (χ1n) is 3.57. The number of pyridine rings is 1. The molecule has 0 aliphatic carbocycles. The molecule has 0 fully saturated rings. The number of carboxylic acids is 1. The summed E-state index contributed by atoms with van der Waals surface area (Å²) >= 11 is 0. The highest BCUT2D eigenvalue weighted by atomic mass is 16.4. The molecule has 0 bridgehead atoms. The predicted molar refractivity (Wildman–Crippen MR) is 44.7 cm³/mol. The third-order valence-corrected chi connectivity index (χ3v) is 1.34. The van der Waals surface area contributed by atoms with E-state index in [4.69, 9.17) is 5.11 Å². The molecule has 1 rings (SSSR count). The van der Waals surface area contributed by atoms with Crippen LogP contribution in [0.5, 0.6) is 0 Å². The molecule has 0 saturated carbocycles. The summed E-state index contributed by atoms with van der Waals surface area (Å²) in [6.45, 7) is 0. The van der Waals surface area contributed by atoms with E-state index in [1.807, 2.05) is 12.1 Å². The Balaban J connectivity index is 2.49. The molecule has 62 valence electrons. The van der Waals surface area contributed by atoms with Crippen molar-refractivity contribution in [1.29, 1.82) is 0 Å². The lowest BCUT2D eigenvalue weighted by atomic mass is 10.2. The van der Waals surface area contributed by atoms with Crippen molar-refractivity contribution in [3.05, 3.63) is 42.2 Å². The molecule has 0 aromatic carbocycles. The van der Waals surface area contributed by atoms with Crippen LogP contribution in [0, 0.1) is 0 Å². The van der Waals surface area contributed by atoms with Crippen molar-refractivity contribution in [1.82, 2.24) is 4.98 Å². The molecule has 3 heteroatoms. The number of aromatic nitrogens is 1. The van der Waals surface area contributed by atoms with Gasteiger partial charge in [-0.2, -0.15) is 0 Å². The highest BCUT2D eigenvalue weighted by Gasteiger charge is 1.88. The van der Waals surface area contributed by atoms with Crippen LogP contribution in [0.3, 0.4) is 0 Å². The van der Waals surface area contributed by atoms with E-state index in [-0.39, 0.29) is 0 Å². The Morgan fingerprint density at radius 2 is 2.50 bits per heavy atom. The highest BCUT2D eigenvalue weighted by molar-refractivity contribution is 5.79. The molecule has 3 nitrogen and oxygen atoms in total. The van der Waals surface area contributed by atoms with Crippen molar-refractivity contribution < 1.29 is 9.90 Å². The van der Waals surface area contributed by atoms with Gasteiger partial charge in [0.05, 0.1) is 0 Å². The van der Waals surface area contributed by atoms with E-state index in [0.717, 1.165) is 11.6 Å². The fourth-order valence-corrected chi connectivity index (χ4v) is 0.815. The van der Waals surface area contributed by atoms with Gasteiger partial charge in [0, 0.05) is 18.5 Å². The summed E-state index contributed by atoms with van der Waals surface area (Å²) in [6.07, 6.45) is 6.74. The minimum absolute atomic E-state index is 0.611. The molecule has 0 radical (unpaired) electrons. The van der Waals surface area contributed by atoms with E-state index in [0.29, 0.717) is 6.42 Å². The van der Waals surface area contributed by atoms with Crippen molar-refractivity contribution in [2.75, 3.05) is 0 Å². The van der Waals surface area contributed by atoms with Gasteiger partial charge < -0.3 is 5.11 Å². The van der Waals surface area contributed by atoms with Crippen LogP contribution in [0.4, 0.5) is 0 Å². The zero-order valence-electron chi connectivity index (χ0n) is 6.47. The zero-order valence-corrected chi connectivity index (χ0v) is 6.47. The summed E-state index contributed by atoms with van der Waals surface area (Å²) in [5, 5.41) is 8.29. The molecule has 0 aliphatic heterocycles. The third kappa shape index (κ3) is 2.96. The van der Waals surface area contributed by atoms with Crippen LogP contribution in [0.1, 0.15) is 5.56 Å². The fourth-order valence-electron chi connectivity index (χ4n) is 0.815. The SMILES string of the molecule is O=C(O)/C=C/Cc1cccnc1. The second kappa shape index (κ2) is 4.28. The molecule has 1 N–H and O–H groups in total. The second-order valence-corrected chi connectivity index (χ2v) is 2.31. The maximum Gasteiger partial charge on any atom is 0.327 e. The topological polar surface area (TPSA) is 50.2 Å². The first-order valence-corrected chi connectivity index (χ1v) is 3.57. The Bertz CT molecular complexity index is 280. The van der Waals surface area contributed by atoms with Gasteiger partial charge in [-0.1, -0.05) is 12.1 Å². The van der Waals surface area contributed by atoms with Crippen LogP contribution >= 0.6 is 0 Å². The Morgan fingerprint density at radius 3 is 3.08 bits per heavy atom. The Hall–Kier alpha value is -1.64. The lowest BCUT2D eigenvalue weighted by Gasteiger charge is -1.91. The van der Waals surface area contributed by atoms with Crippen molar-refractivity contribution >= 4 is 5.97 Å². The number of rotatable bonds is 3. The van der Waals surface area contributed by atoms with E-state index < -0.39 is 5.97 Å². The van der Waals surface area contributed by atoms with Gasteiger partial charge in [0.1, 0.15) is 0 Å². The zero-order chi connectivity index (χ0) is 8.81. The molecule has 0 amide bonds.